The van der Waals surface area contributed by atoms with Crippen molar-refractivity contribution >= 4 is 23.7 Å². The predicted molar refractivity (Wildman–Crippen MR) is 154 cm³/mol. The van der Waals surface area contributed by atoms with Gasteiger partial charge in [0, 0.05) is 5.41 Å². The molecule has 7 heteroatoms. The van der Waals surface area contributed by atoms with E-state index in [2.05, 4.69) is 12.1 Å². The Balaban J connectivity index is 1.12. The van der Waals surface area contributed by atoms with Crippen LogP contribution in [0, 0.1) is 0 Å². The van der Waals surface area contributed by atoms with E-state index in [-0.39, 0.29) is 23.0 Å². The van der Waals surface area contributed by atoms with Crippen molar-refractivity contribution in [3.63, 3.8) is 0 Å². The SMILES string of the molecule is COc1ccc(C2(c3ccc(OC(=O)Oc4ccc(N5C(=O)c6ccccc6C5=O)cc4)cc3)CCCCC2)cc1. The fourth-order valence-electron chi connectivity index (χ4n) is 5.95. The first kappa shape index (κ1) is 26.3. The van der Waals surface area contributed by atoms with Gasteiger partial charge in [-0.1, -0.05) is 55.7 Å². The fraction of sp³-hybridized carbons (Fsp3) is 0.206. The van der Waals surface area contributed by atoms with E-state index in [1.165, 1.54) is 29.7 Å². The number of methoxy groups -OCH3 is 1. The standard InChI is InChI=1S/C34H29NO6/c1-39-26-15-9-23(10-16-26)34(21-5-2-6-22-34)24-11-17-27(18-12-24)40-33(38)41-28-19-13-25(14-20-28)35-31(36)29-7-3-4-8-30(29)32(35)37/h3-4,7-20H,2,5-6,21-22H2,1H3. The molecule has 1 aliphatic heterocycles. The Bertz CT molecular complexity index is 1550. The van der Waals surface area contributed by atoms with E-state index < -0.39 is 6.16 Å². The van der Waals surface area contributed by atoms with Crippen molar-refractivity contribution in [2.24, 2.45) is 0 Å². The number of hydrogen-bond acceptors (Lipinski definition) is 6. The van der Waals surface area contributed by atoms with Crippen LogP contribution in [0.2, 0.25) is 0 Å². The molecule has 6 rings (SSSR count). The van der Waals surface area contributed by atoms with E-state index in [0.29, 0.717) is 22.6 Å². The van der Waals surface area contributed by atoms with E-state index in [4.69, 9.17) is 14.2 Å². The number of ether oxygens (including phenoxy) is 3. The minimum atomic E-state index is -0.881. The normalized spacial score (nSPS) is 15.8. The molecule has 1 heterocycles. The number of amides is 2. The lowest BCUT2D eigenvalue weighted by molar-refractivity contribution is 0.0925. The minimum absolute atomic E-state index is 0.0925. The van der Waals surface area contributed by atoms with Crippen LogP contribution in [0.15, 0.2) is 97.1 Å². The van der Waals surface area contributed by atoms with Crippen LogP contribution in [-0.4, -0.2) is 25.1 Å². The average molecular weight is 548 g/mol. The highest BCUT2D eigenvalue weighted by molar-refractivity contribution is 6.34. The molecule has 2 amide bonds. The Kier molecular flexibility index (Phi) is 7.01. The van der Waals surface area contributed by atoms with Crippen molar-refractivity contribution in [1.29, 1.82) is 0 Å². The van der Waals surface area contributed by atoms with Gasteiger partial charge in [0.2, 0.25) is 0 Å². The number of carbonyl (C=O) groups is 3. The summed E-state index contributed by atoms with van der Waals surface area (Å²) in [5, 5.41) is 0. The Morgan fingerprint density at radius 3 is 1.59 bits per heavy atom. The molecule has 1 aliphatic carbocycles. The van der Waals surface area contributed by atoms with Crippen molar-refractivity contribution in [3.8, 4) is 17.2 Å². The largest absolute Gasteiger partial charge is 0.519 e. The van der Waals surface area contributed by atoms with Gasteiger partial charge >= 0.3 is 6.16 Å². The van der Waals surface area contributed by atoms with Crippen LogP contribution in [-0.2, 0) is 5.41 Å². The summed E-state index contributed by atoms with van der Waals surface area (Å²) in [6.45, 7) is 0. The number of rotatable bonds is 6. The Hall–Kier alpha value is -4.91. The van der Waals surface area contributed by atoms with E-state index in [9.17, 15) is 14.4 Å². The third-order valence-electron chi connectivity index (χ3n) is 8.05. The molecular formula is C34H29NO6. The van der Waals surface area contributed by atoms with E-state index in [1.807, 2.05) is 24.3 Å². The molecule has 41 heavy (non-hydrogen) atoms. The quantitative estimate of drug-likeness (QED) is 0.143. The maximum absolute atomic E-state index is 12.7. The van der Waals surface area contributed by atoms with Gasteiger partial charge in [-0.25, -0.2) is 9.69 Å². The summed E-state index contributed by atoms with van der Waals surface area (Å²) >= 11 is 0. The second kappa shape index (κ2) is 10.9. The lowest BCUT2D eigenvalue weighted by Gasteiger charge is -2.38. The third-order valence-corrected chi connectivity index (χ3v) is 8.05. The zero-order valence-corrected chi connectivity index (χ0v) is 22.7. The molecule has 0 radical (unpaired) electrons. The third kappa shape index (κ3) is 4.95. The number of imide groups is 1. The van der Waals surface area contributed by atoms with E-state index in [1.54, 1.807) is 55.6 Å². The number of nitrogens with zero attached hydrogens (tertiary/aromatic N) is 1. The molecule has 4 aromatic rings. The van der Waals surface area contributed by atoms with Crippen LogP contribution in [0.5, 0.6) is 17.2 Å². The molecule has 4 aromatic carbocycles. The molecule has 7 nitrogen and oxygen atoms in total. The molecule has 1 fully saturated rings. The number of hydrogen-bond donors (Lipinski definition) is 0. The first-order valence-corrected chi connectivity index (χ1v) is 13.7. The summed E-state index contributed by atoms with van der Waals surface area (Å²) < 4.78 is 16.1. The van der Waals surface area contributed by atoms with Gasteiger partial charge in [0.1, 0.15) is 17.2 Å². The Morgan fingerprint density at radius 1 is 0.634 bits per heavy atom. The topological polar surface area (TPSA) is 82.1 Å². The van der Waals surface area contributed by atoms with Crippen LogP contribution in [0.25, 0.3) is 0 Å². The number of fused-ring (bicyclic) bond motifs is 1. The van der Waals surface area contributed by atoms with Crippen LogP contribution in [0.1, 0.15) is 63.9 Å². The second-order valence-electron chi connectivity index (χ2n) is 10.3. The molecule has 0 unspecified atom stereocenters. The van der Waals surface area contributed by atoms with Gasteiger partial charge in [0.05, 0.1) is 23.9 Å². The number of anilines is 1. The highest BCUT2D eigenvalue weighted by atomic mass is 16.7. The molecule has 2 aliphatic rings. The summed E-state index contributed by atoms with van der Waals surface area (Å²) in [5.74, 6) is 0.670. The maximum Gasteiger partial charge on any atom is 0.519 e. The summed E-state index contributed by atoms with van der Waals surface area (Å²) in [7, 11) is 1.67. The zero-order chi connectivity index (χ0) is 28.4. The first-order valence-electron chi connectivity index (χ1n) is 13.7. The lowest BCUT2D eigenvalue weighted by Crippen LogP contribution is -2.30. The van der Waals surface area contributed by atoms with Crippen molar-refractivity contribution in [2.45, 2.75) is 37.5 Å². The van der Waals surface area contributed by atoms with Gasteiger partial charge < -0.3 is 14.2 Å². The van der Waals surface area contributed by atoms with Crippen LogP contribution in [0.3, 0.4) is 0 Å². The van der Waals surface area contributed by atoms with Gasteiger partial charge in [-0.3, -0.25) is 9.59 Å². The smallest absolute Gasteiger partial charge is 0.497 e. The molecule has 206 valence electrons. The van der Waals surface area contributed by atoms with Crippen LogP contribution < -0.4 is 19.1 Å². The molecule has 0 atom stereocenters. The van der Waals surface area contributed by atoms with Crippen LogP contribution in [0.4, 0.5) is 10.5 Å². The van der Waals surface area contributed by atoms with Crippen molar-refractivity contribution in [2.75, 3.05) is 12.0 Å². The molecule has 1 saturated carbocycles. The predicted octanol–water partition coefficient (Wildman–Crippen LogP) is 7.32. The average Bonchev–Trinajstić information content (AvgIpc) is 3.27. The molecule has 0 aromatic heterocycles. The fourth-order valence-corrected chi connectivity index (χ4v) is 5.95. The van der Waals surface area contributed by atoms with Gasteiger partial charge in [-0.2, -0.15) is 0 Å². The summed E-state index contributed by atoms with van der Waals surface area (Å²) in [6.07, 6.45) is 4.76. The molecule has 0 saturated heterocycles. The number of benzene rings is 4. The van der Waals surface area contributed by atoms with Gasteiger partial charge in [-0.15, -0.1) is 0 Å². The molecule has 0 bridgehead atoms. The monoisotopic (exact) mass is 547 g/mol. The van der Waals surface area contributed by atoms with Gasteiger partial charge in [0.15, 0.2) is 0 Å². The first-order chi connectivity index (χ1) is 20.0. The Labute approximate surface area is 238 Å². The van der Waals surface area contributed by atoms with Crippen molar-refractivity contribution in [3.05, 3.63) is 119 Å². The minimum Gasteiger partial charge on any atom is -0.497 e. The molecular weight excluding hydrogens is 518 g/mol. The summed E-state index contributed by atoms with van der Waals surface area (Å²) in [5.41, 5.74) is 3.48. The zero-order valence-electron chi connectivity index (χ0n) is 22.7. The van der Waals surface area contributed by atoms with Gasteiger partial charge in [0.25, 0.3) is 11.8 Å². The highest BCUT2D eigenvalue weighted by Crippen LogP contribution is 2.45. The van der Waals surface area contributed by atoms with Gasteiger partial charge in [-0.05, 0) is 84.6 Å². The second-order valence-corrected chi connectivity index (χ2v) is 10.3. The summed E-state index contributed by atoms with van der Waals surface area (Å²) in [6, 6.07) is 28.8. The Morgan fingerprint density at radius 2 is 1.10 bits per heavy atom. The maximum atomic E-state index is 12.7. The van der Waals surface area contributed by atoms with E-state index in [0.717, 1.165) is 36.3 Å². The van der Waals surface area contributed by atoms with Crippen molar-refractivity contribution < 1.29 is 28.6 Å². The van der Waals surface area contributed by atoms with E-state index >= 15 is 0 Å². The summed E-state index contributed by atoms with van der Waals surface area (Å²) in [4.78, 5) is 39.1. The van der Waals surface area contributed by atoms with Crippen molar-refractivity contribution in [1.82, 2.24) is 0 Å². The highest BCUT2D eigenvalue weighted by Gasteiger charge is 2.37. The molecule has 0 N–H and O–H groups in total. The number of carbonyl (C=O) groups excluding carboxylic acids is 3. The molecule has 0 spiro atoms. The lowest BCUT2D eigenvalue weighted by atomic mass is 9.65. The van der Waals surface area contributed by atoms with Crippen LogP contribution >= 0.6 is 0 Å².